The van der Waals surface area contributed by atoms with E-state index in [1.165, 1.54) is 0 Å². The minimum absolute atomic E-state index is 0.0903. The van der Waals surface area contributed by atoms with E-state index in [2.05, 4.69) is 19.7 Å². The van der Waals surface area contributed by atoms with Gasteiger partial charge in [0.25, 0.3) is 0 Å². The molecule has 0 saturated carbocycles. The van der Waals surface area contributed by atoms with Gasteiger partial charge in [0, 0.05) is 23.6 Å². The first-order valence-electron chi connectivity index (χ1n) is 6.83. The zero-order valence-electron chi connectivity index (χ0n) is 14.5. The van der Waals surface area contributed by atoms with Gasteiger partial charge in [-0.15, -0.1) is 0 Å². The summed E-state index contributed by atoms with van der Waals surface area (Å²) in [5.41, 5.74) is -0.708. The van der Waals surface area contributed by atoms with Gasteiger partial charge in [-0.1, -0.05) is 33.6 Å². The molecule has 0 aliphatic rings. The van der Waals surface area contributed by atoms with Gasteiger partial charge in [-0.25, -0.2) is 14.4 Å². The van der Waals surface area contributed by atoms with Crippen molar-refractivity contribution >= 4 is 17.9 Å². The topological polar surface area (TPSA) is 173 Å². The maximum atomic E-state index is 9.25. The highest BCUT2D eigenvalue weighted by molar-refractivity contribution is 5.79. The fourth-order valence-electron chi connectivity index (χ4n) is 0.698. The van der Waals surface area contributed by atoms with Crippen LogP contribution in [0.5, 0.6) is 0 Å². The fourth-order valence-corrected chi connectivity index (χ4v) is 0.698. The third kappa shape index (κ3) is 23.9. The lowest BCUT2D eigenvalue weighted by atomic mass is 9.79. The zero-order valence-corrected chi connectivity index (χ0v) is 14.5. The molecule has 0 aromatic rings. The monoisotopic (exact) mass is 364 g/mol. The van der Waals surface area contributed by atoms with E-state index < -0.39 is 23.3 Å². The summed E-state index contributed by atoms with van der Waals surface area (Å²) < 4.78 is 0. The van der Waals surface area contributed by atoms with Gasteiger partial charge < -0.3 is 30.6 Å². The highest BCUT2D eigenvalue weighted by atomic mass is 16.4. The Hall–Kier alpha value is -2.49. The molecule has 0 unspecified atom stereocenters. The Balaban J connectivity index is -0.000000126. The Morgan fingerprint density at radius 2 is 0.920 bits per heavy atom. The summed E-state index contributed by atoms with van der Waals surface area (Å²) in [5, 5.41) is 49.3. The van der Waals surface area contributed by atoms with Gasteiger partial charge in [0.15, 0.2) is 0 Å². The summed E-state index contributed by atoms with van der Waals surface area (Å²) in [7, 11) is 0. The molecule has 0 fully saturated rings. The van der Waals surface area contributed by atoms with Crippen molar-refractivity contribution in [2.45, 2.75) is 13.8 Å². The Labute approximate surface area is 146 Å². The molecule has 0 aromatic heterocycles. The Morgan fingerprint density at radius 3 is 0.920 bits per heavy atom. The van der Waals surface area contributed by atoms with Crippen LogP contribution in [0.3, 0.4) is 0 Å². The van der Waals surface area contributed by atoms with Crippen LogP contribution in [0.2, 0.25) is 0 Å². The van der Waals surface area contributed by atoms with Gasteiger partial charge in [0.1, 0.15) is 0 Å². The Morgan fingerprint density at radius 1 is 0.760 bits per heavy atom. The van der Waals surface area contributed by atoms with Crippen LogP contribution in [0.4, 0.5) is 0 Å². The maximum absolute atomic E-state index is 9.25. The summed E-state index contributed by atoms with van der Waals surface area (Å²) in [5.74, 6) is -2.85. The lowest BCUT2D eigenvalue weighted by molar-refractivity contribution is -0.132. The minimum atomic E-state index is -0.981. The number of aliphatic hydroxyl groups excluding tert-OH is 3. The quantitative estimate of drug-likeness (QED) is 0.349. The molecule has 0 radical (unpaired) electrons. The van der Waals surface area contributed by atoms with Crippen molar-refractivity contribution in [3.63, 3.8) is 0 Å². The zero-order chi connectivity index (χ0) is 21.1. The van der Waals surface area contributed by atoms with Gasteiger partial charge in [-0.3, -0.25) is 0 Å². The van der Waals surface area contributed by atoms with Crippen LogP contribution in [-0.2, 0) is 14.4 Å². The molecule has 0 heterocycles. The van der Waals surface area contributed by atoms with Gasteiger partial charge in [-0.05, 0) is 5.92 Å². The van der Waals surface area contributed by atoms with Crippen molar-refractivity contribution in [3.8, 4) is 0 Å². The number of carbonyl (C=O) groups is 3. The average Bonchev–Trinajstić information content (AvgIpc) is 2.58. The number of carboxylic acids is 3. The first-order chi connectivity index (χ1) is 11.4. The predicted octanol–water partition coefficient (Wildman–Crippen LogP) is 0.377. The number of aliphatic hydroxyl groups is 3. The van der Waals surface area contributed by atoms with Crippen LogP contribution in [0.1, 0.15) is 13.8 Å². The van der Waals surface area contributed by atoms with Gasteiger partial charge in [0.05, 0.1) is 19.8 Å². The van der Waals surface area contributed by atoms with Gasteiger partial charge in [0.2, 0.25) is 0 Å². The Bertz CT molecular complexity index is 359. The van der Waals surface area contributed by atoms with Crippen molar-refractivity contribution in [1.82, 2.24) is 0 Å². The number of carboxylic acid groups (broad SMARTS) is 3. The van der Waals surface area contributed by atoms with Gasteiger partial charge >= 0.3 is 17.9 Å². The summed E-state index contributed by atoms with van der Waals surface area (Å²) in [6.07, 6.45) is 2.50. The van der Waals surface area contributed by atoms with E-state index in [0.717, 1.165) is 18.2 Å². The number of hydrogen-bond donors (Lipinski definition) is 6. The molecule has 0 aliphatic carbocycles. The standard InChI is InChI=1S/C7H16O3.3C3H4O2/c1-6(2)7(3-8,4-9)5-10;3*1-2-3(4)5/h6,8-10H,3-5H2,1-2H3;3*2H,1H2,(H,4,5). The fraction of sp³-hybridized carbons (Fsp3) is 0.438. The minimum Gasteiger partial charge on any atom is -0.478 e. The van der Waals surface area contributed by atoms with Crippen LogP contribution in [-0.4, -0.2) is 68.4 Å². The molecular weight excluding hydrogens is 336 g/mol. The van der Waals surface area contributed by atoms with E-state index in [1.807, 2.05) is 13.8 Å². The summed E-state index contributed by atoms with van der Waals surface area (Å²) in [6, 6.07) is 0. The smallest absolute Gasteiger partial charge is 0.327 e. The van der Waals surface area contributed by atoms with Crippen molar-refractivity contribution in [3.05, 3.63) is 38.0 Å². The normalized spacial score (nSPS) is 8.88. The maximum Gasteiger partial charge on any atom is 0.327 e. The van der Waals surface area contributed by atoms with Crippen LogP contribution < -0.4 is 0 Å². The predicted molar refractivity (Wildman–Crippen MR) is 92.0 cm³/mol. The van der Waals surface area contributed by atoms with Crippen molar-refractivity contribution < 1.29 is 45.0 Å². The molecule has 9 nitrogen and oxygen atoms in total. The molecule has 9 heteroatoms. The highest BCUT2D eigenvalue weighted by Crippen LogP contribution is 2.25. The van der Waals surface area contributed by atoms with E-state index in [9.17, 15) is 14.4 Å². The third-order valence-electron chi connectivity index (χ3n) is 2.69. The molecule has 6 N–H and O–H groups in total. The average molecular weight is 364 g/mol. The molecule has 25 heavy (non-hydrogen) atoms. The van der Waals surface area contributed by atoms with Crippen LogP contribution in [0.25, 0.3) is 0 Å². The molecule has 0 aromatic carbocycles. The van der Waals surface area contributed by atoms with E-state index in [0.29, 0.717) is 0 Å². The van der Waals surface area contributed by atoms with Gasteiger partial charge in [-0.2, -0.15) is 0 Å². The molecule has 0 bridgehead atoms. The molecule has 0 amide bonds. The van der Waals surface area contributed by atoms with E-state index in [1.54, 1.807) is 0 Å². The van der Waals surface area contributed by atoms with Crippen LogP contribution >= 0.6 is 0 Å². The number of aliphatic carboxylic acids is 3. The number of rotatable bonds is 7. The first-order valence-corrected chi connectivity index (χ1v) is 6.83. The second-order valence-electron chi connectivity index (χ2n) is 4.62. The van der Waals surface area contributed by atoms with Crippen LogP contribution in [0, 0.1) is 11.3 Å². The van der Waals surface area contributed by atoms with Crippen molar-refractivity contribution in [1.29, 1.82) is 0 Å². The summed E-state index contributed by atoms with van der Waals surface area (Å²) in [4.78, 5) is 27.8. The summed E-state index contributed by atoms with van der Waals surface area (Å²) >= 11 is 0. The molecule has 0 atom stereocenters. The lowest BCUT2D eigenvalue weighted by Gasteiger charge is -2.31. The lowest BCUT2D eigenvalue weighted by Crippen LogP contribution is -2.38. The second-order valence-corrected chi connectivity index (χ2v) is 4.62. The second kappa shape index (κ2) is 19.6. The number of hydrogen-bond acceptors (Lipinski definition) is 6. The molecular formula is C16H28O9. The third-order valence-corrected chi connectivity index (χ3v) is 2.69. The first kappa shape index (κ1) is 30.4. The van der Waals surface area contributed by atoms with Crippen LogP contribution in [0.15, 0.2) is 38.0 Å². The molecule has 0 rings (SSSR count). The summed E-state index contributed by atoms with van der Waals surface area (Å²) in [6.45, 7) is 12.1. The van der Waals surface area contributed by atoms with Crippen molar-refractivity contribution in [2.75, 3.05) is 19.8 Å². The van der Waals surface area contributed by atoms with Crippen molar-refractivity contribution in [2.24, 2.45) is 11.3 Å². The van der Waals surface area contributed by atoms with E-state index >= 15 is 0 Å². The highest BCUT2D eigenvalue weighted by Gasteiger charge is 2.31. The molecule has 0 spiro atoms. The molecule has 0 saturated heterocycles. The molecule has 146 valence electrons. The SMILES string of the molecule is C=CC(=O)O.C=CC(=O)O.C=CC(=O)O.CC(C)C(CO)(CO)CO. The largest absolute Gasteiger partial charge is 0.478 e. The Kier molecular flexibility index (Phi) is 23.8. The van der Waals surface area contributed by atoms with E-state index in [4.69, 9.17) is 30.6 Å². The van der Waals surface area contributed by atoms with E-state index in [-0.39, 0.29) is 25.7 Å². The molecule has 0 aliphatic heterocycles.